The average Bonchev–Trinajstić information content (AvgIpc) is 3.22. The zero-order valence-corrected chi connectivity index (χ0v) is 15.5. The second-order valence-corrected chi connectivity index (χ2v) is 7.37. The minimum Gasteiger partial charge on any atom is -0.369 e. The van der Waals surface area contributed by atoms with Crippen molar-refractivity contribution in [2.45, 2.75) is 25.4 Å². The van der Waals surface area contributed by atoms with Crippen LogP contribution in [0.2, 0.25) is 0 Å². The van der Waals surface area contributed by atoms with Crippen LogP contribution >= 0.6 is 0 Å². The summed E-state index contributed by atoms with van der Waals surface area (Å²) in [5.74, 6) is -0.0253. The Bertz CT molecular complexity index is 740. The van der Waals surface area contributed by atoms with E-state index in [1.165, 1.54) is 12.1 Å². The second-order valence-electron chi connectivity index (χ2n) is 7.37. The van der Waals surface area contributed by atoms with E-state index in [0.717, 1.165) is 57.8 Å². The normalized spacial score (nSPS) is 21.4. The third kappa shape index (κ3) is 4.30. The van der Waals surface area contributed by atoms with Crippen molar-refractivity contribution in [3.63, 3.8) is 0 Å². The third-order valence-electron chi connectivity index (χ3n) is 5.65. The number of carbonyl (C=O) groups is 1. The minimum absolute atomic E-state index is 0.169. The Kier molecular flexibility index (Phi) is 5.38. The highest BCUT2D eigenvalue weighted by Gasteiger charge is 2.30. The Morgan fingerprint density at radius 2 is 1.89 bits per heavy atom. The lowest BCUT2D eigenvalue weighted by molar-refractivity contribution is -0.134. The number of rotatable bonds is 4. The number of aromatic nitrogens is 2. The minimum atomic E-state index is -0.194. The SMILES string of the molecule is O=C(Cn1ccnc1)N1CCCC(N2CCN(c3ccc(F)cc3)CC2)C1. The van der Waals surface area contributed by atoms with Crippen LogP contribution in [-0.4, -0.2) is 70.6 Å². The van der Waals surface area contributed by atoms with E-state index in [0.29, 0.717) is 12.6 Å². The number of imidazole rings is 1. The first kappa shape index (κ1) is 18.0. The molecule has 0 spiro atoms. The molecule has 0 bridgehead atoms. The van der Waals surface area contributed by atoms with Crippen molar-refractivity contribution in [1.82, 2.24) is 19.4 Å². The highest BCUT2D eigenvalue weighted by Crippen LogP contribution is 2.21. The van der Waals surface area contributed by atoms with E-state index >= 15 is 0 Å². The first-order chi connectivity index (χ1) is 13.2. The van der Waals surface area contributed by atoms with Gasteiger partial charge in [-0.2, -0.15) is 0 Å². The lowest BCUT2D eigenvalue weighted by Gasteiger charge is -2.44. The second kappa shape index (κ2) is 8.08. The monoisotopic (exact) mass is 371 g/mol. The topological polar surface area (TPSA) is 44.6 Å². The van der Waals surface area contributed by atoms with Gasteiger partial charge >= 0.3 is 0 Å². The summed E-state index contributed by atoms with van der Waals surface area (Å²) in [6.45, 7) is 5.85. The molecule has 6 nitrogen and oxygen atoms in total. The van der Waals surface area contributed by atoms with Gasteiger partial charge in [-0.15, -0.1) is 0 Å². The van der Waals surface area contributed by atoms with Gasteiger partial charge in [0.1, 0.15) is 12.4 Å². The molecule has 4 rings (SSSR count). The fourth-order valence-electron chi connectivity index (χ4n) is 4.11. The highest BCUT2D eigenvalue weighted by molar-refractivity contribution is 5.76. The number of carbonyl (C=O) groups excluding carboxylic acids is 1. The smallest absolute Gasteiger partial charge is 0.242 e. The maximum Gasteiger partial charge on any atom is 0.242 e. The molecule has 1 atom stereocenters. The van der Waals surface area contributed by atoms with Crippen molar-refractivity contribution >= 4 is 11.6 Å². The summed E-state index contributed by atoms with van der Waals surface area (Å²) in [5.41, 5.74) is 1.08. The number of nitrogens with zero attached hydrogens (tertiary/aromatic N) is 5. The molecule has 144 valence electrons. The molecule has 0 aliphatic carbocycles. The van der Waals surface area contributed by atoms with Crippen LogP contribution in [0, 0.1) is 5.82 Å². The Labute approximate surface area is 159 Å². The van der Waals surface area contributed by atoms with Crippen LogP contribution in [0.15, 0.2) is 43.0 Å². The molecule has 2 saturated heterocycles. The van der Waals surface area contributed by atoms with Gasteiger partial charge in [-0.3, -0.25) is 9.69 Å². The largest absolute Gasteiger partial charge is 0.369 e. The third-order valence-corrected chi connectivity index (χ3v) is 5.65. The van der Waals surface area contributed by atoms with Gasteiger partial charge in [0.25, 0.3) is 0 Å². The first-order valence-electron chi connectivity index (χ1n) is 9.67. The number of piperidine rings is 1. The summed E-state index contributed by atoms with van der Waals surface area (Å²) in [7, 11) is 0. The van der Waals surface area contributed by atoms with E-state index in [1.54, 1.807) is 12.5 Å². The summed E-state index contributed by atoms with van der Waals surface area (Å²) in [6, 6.07) is 7.17. The molecule has 1 aromatic carbocycles. The molecular formula is C20H26FN5O. The number of halogens is 1. The van der Waals surface area contributed by atoms with Crippen LogP contribution in [0.3, 0.4) is 0 Å². The lowest BCUT2D eigenvalue weighted by atomic mass is 10.0. The number of likely N-dealkylation sites (tertiary alicyclic amines) is 1. The van der Waals surface area contributed by atoms with Crippen molar-refractivity contribution in [1.29, 1.82) is 0 Å². The Morgan fingerprint density at radius 1 is 1.11 bits per heavy atom. The summed E-state index contributed by atoms with van der Waals surface area (Å²) in [5, 5.41) is 0. The van der Waals surface area contributed by atoms with Gasteiger partial charge in [-0.25, -0.2) is 9.37 Å². The number of amides is 1. The van der Waals surface area contributed by atoms with Crippen molar-refractivity contribution in [2.24, 2.45) is 0 Å². The fraction of sp³-hybridized carbons (Fsp3) is 0.500. The summed E-state index contributed by atoms with van der Waals surface area (Å²) in [6.07, 6.45) is 7.42. The zero-order valence-electron chi connectivity index (χ0n) is 15.5. The number of hydrogen-bond acceptors (Lipinski definition) is 4. The summed E-state index contributed by atoms with van der Waals surface area (Å²) < 4.78 is 14.9. The van der Waals surface area contributed by atoms with Gasteiger partial charge in [0.05, 0.1) is 6.33 Å². The average molecular weight is 371 g/mol. The molecule has 2 aliphatic rings. The van der Waals surface area contributed by atoms with Crippen molar-refractivity contribution in [3.8, 4) is 0 Å². The molecule has 1 aromatic heterocycles. The van der Waals surface area contributed by atoms with E-state index in [2.05, 4.69) is 14.8 Å². The molecule has 3 heterocycles. The van der Waals surface area contributed by atoms with Gasteiger partial charge in [0.2, 0.25) is 5.91 Å². The van der Waals surface area contributed by atoms with Crippen LogP contribution in [0.25, 0.3) is 0 Å². The summed E-state index contributed by atoms with van der Waals surface area (Å²) >= 11 is 0. The molecule has 2 aromatic rings. The van der Waals surface area contributed by atoms with Crippen LogP contribution in [0.1, 0.15) is 12.8 Å². The van der Waals surface area contributed by atoms with Crippen LogP contribution in [-0.2, 0) is 11.3 Å². The van der Waals surface area contributed by atoms with Crippen LogP contribution in [0.5, 0.6) is 0 Å². The summed E-state index contributed by atoms with van der Waals surface area (Å²) in [4.78, 5) is 23.4. The maximum absolute atomic E-state index is 13.1. The molecule has 0 N–H and O–H groups in total. The standard InChI is InChI=1S/C20H26FN5O/c21-17-3-5-18(6-4-17)24-10-12-25(13-11-24)19-2-1-8-26(14-19)20(27)15-23-9-7-22-16-23/h3-7,9,16,19H,1-2,8,10-15H2. The quantitative estimate of drug-likeness (QED) is 0.823. The van der Waals surface area contributed by atoms with Gasteiger partial charge in [0.15, 0.2) is 0 Å². The lowest BCUT2D eigenvalue weighted by Crippen LogP contribution is -2.56. The molecule has 0 saturated carbocycles. The van der Waals surface area contributed by atoms with Crippen molar-refractivity contribution in [3.05, 3.63) is 48.8 Å². The van der Waals surface area contributed by atoms with Gasteiger partial charge in [-0.1, -0.05) is 0 Å². The number of piperazine rings is 1. The number of hydrogen-bond donors (Lipinski definition) is 0. The molecule has 1 unspecified atom stereocenters. The molecule has 7 heteroatoms. The van der Waals surface area contributed by atoms with E-state index in [-0.39, 0.29) is 11.7 Å². The first-order valence-corrected chi connectivity index (χ1v) is 9.67. The van der Waals surface area contributed by atoms with Crippen LogP contribution in [0.4, 0.5) is 10.1 Å². The zero-order chi connectivity index (χ0) is 18.6. The van der Waals surface area contributed by atoms with E-state index < -0.39 is 0 Å². The van der Waals surface area contributed by atoms with Crippen molar-refractivity contribution < 1.29 is 9.18 Å². The van der Waals surface area contributed by atoms with Crippen LogP contribution < -0.4 is 4.90 Å². The van der Waals surface area contributed by atoms with E-state index in [9.17, 15) is 9.18 Å². The Balaban J connectivity index is 1.30. The molecule has 0 radical (unpaired) electrons. The number of benzene rings is 1. The van der Waals surface area contributed by atoms with Gasteiger partial charge in [-0.05, 0) is 37.1 Å². The Morgan fingerprint density at radius 3 is 2.59 bits per heavy atom. The number of anilines is 1. The molecule has 27 heavy (non-hydrogen) atoms. The van der Waals surface area contributed by atoms with Gasteiger partial charge in [0, 0.05) is 63.4 Å². The van der Waals surface area contributed by atoms with E-state index in [1.807, 2.05) is 27.8 Å². The van der Waals surface area contributed by atoms with E-state index in [4.69, 9.17) is 0 Å². The van der Waals surface area contributed by atoms with Gasteiger partial charge < -0.3 is 14.4 Å². The molecule has 1 amide bonds. The maximum atomic E-state index is 13.1. The predicted molar refractivity (Wildman–Crippen MR) is 102 cm³/mol. The fourth-order valence-corrected chi connectivity index (χ4v) is 4.11. The molecular weight excluding hydrogens is 345 g/mol. The van der Waals surface area contributed by atoms with Crippen molar-refractivity contribution in [2.75, 3.05) is 44.2 Å². The molecule has 2 fully saturated rings. The Hall–Kier alpha value is -2.41. The highest BCUT2D eigenvalue weighted by atomic mass is 19.1. The molecule has 2 aliphatic heterocycles. The predicted octanol–water partition coefficient (Wildman–Crippen LogP) is 1.84.